The number of halogens is 1. The molecule has 0 fully saturated rings. The second-order valence-electron chi connectivity index (χ2n) is 5.59. The molecule has 0 saturated carbocycles. The number of carbonyl (C=O) groups excluding carboxylic acids is 2. The summed E-state index contributed by atoms with van der Waals surface area (Å²) in [6.07, 6.45) is 0. The largest absolute Gasteiger partial charge is 0.482 e. The molecular weight excluding hydrogens is 418 g/mol. The van der Waals surface area contributed by atoms with Crippen LogP contribution in [0.2, 0.25) is 5.02 Å². The molecule has 0 aliphatic carbocycles. The van der Waals surface area contributed by atoms with Crippen molar-refractivity contribution in [3.8, 4) is 5.75 Å². The summed E-state index contributed by atoms with van der Waals surface area (Å²) in [5.74, 6) is 0.161. The number of nitrogens with zero attached hydrogens (tertiary/aromatic N) is 2. The second kappa shape index (κ2) is 9.94. The first-order valence-electron chi connectivity index (χ1n) is 8.36. The molecule has 1 heterocycles. The average molecular weight is 434 g/mol. The van der Waals surface area contributed by atoms with Crippen molar-refractivity contribution in [3.05, 3.63) is 65.0 Å². The summed E-state index contributed by atoms with van der Waals surface area (Å²) in [6, 6.07) is 13.4. The normalized spacial score (nSPS) is 10.4. The lowest BCUT2D eigenvalue weighted by Gasteiger charge is -2.05. The van der Waals surface area contributed by atoms with E-state index in [1.165, 1.54) is 7.11 Å². The number of benzene rings is 2. The molecule has 1 aromatic heterocycles. The van der Waals surface area contributed by atoms with Crippen molar-refractivity contribution in [1.82, 2.24) is 10.2 Å². The molecule has 29 heavy (non-hydrogen) atoms. The third-order valence-corrected chi connectivity index (χ3v) is 4.68. The first-order valence-corrected chi connectivity index (χ1v) is 9.72. The van der Waals surface area contributed by atoms with Gasteiger partial charge in [0.2, 0.25) is 5.91 Å². The summed E-state index contributed by atoms with van der Waals surface area (Å²) in [7, 11) is 1.31. The predicted molar refractivity (Wildman–Crippen MR) is 107 cm³/mol. The Balaban J connectivity index is 1.46. The van der Waals surface area contributed by atoms with Crippen molar-refractivity contribution in [2.75, 3.05) is 18.2 Å². The minimum Gasteiger partial charge on any atom is -0.482 e. The molecule has 0 radical (unpaired) electrons. The lowest BCUT2D eigenvalue weighted by atomic mass is 10.2. The number of carbonyl (C=O) groups is 2. The van der Waals surface area contributed by atoms with E-state index in [9.17, 15) is 9.59 Å². The van der Waals surface area contributed by atoms with Crippen LogP contribution in [0, 0.1) is 0 Å². The Labute approximate surface area is 175 Å². The van der Waals surface area contributed by atoms with Gasteiger partial charge in [-0.3, -0.25) is 4.79 Å². The van der Waals surface area contributed by atoms with Crippen molar-refractivity contribution in [2.24, 2.45) is 0 Å². The maximum absolute atomic E-state index is 12.1. The maximum Gasteiger partial charge on any atom is 0.337 e. The maximum atomic E-state index is 12.1. The third kappa shape index (κ3) is 5.97. The smallest absolute Gasteiger partial charge is 0.337 e. The van der Waals surface area contributed by atoms with Gasteiger partial charge in [-0.2, -0.15) is 0 Å². The van der Waals surface area contributed by atoms with E-state index in [2.05, 4.69) is 20.3 Å². The van der Waals surface area contributed by atoms with Gasteiger partial charge in [0.25, 0.3) is 11.1 Å². The molecule has 2 aromatic carbocycles. The van der Waals surface area contributed by atoms with Crippen molar-refractivity contribution in [2.45, 2.75) is 11.8 Å². The zero-order chi connectivity index (χ0) is 20.6. The van der Waals surface area contributed by atoms with Gasteiger partial charge in [0.05, 0.1) is 23.4 Å². The molecule has 1 N–H and O–H groups in total. The molecule has 0 atom stereocenters. The molecule has 0 spiro atoms. The van der Waals surface area contributed by atoms with Gasteiger partial charge in [-0.25, -0.2) is 4.79 Å². The fourth-order valence-corrected chi connectivity index (χ4v) is 2.96. The van der Waals surface area contributed by atoms with E-state index in [-0.39, 0.29) is 29.4 Å². The van der Waals surface area contributed by atoms with Gasteiger partial charge in [-0.1, -0.05) is 35.5 Å². The summed E-state index contributed by atoms with van der Waals surface area (Å²) in [6.45, 7) is 0.0655. The number of hydrogen-bond acceptors (Lipinski definition) is 8. The number of hydrogen-bond donors (Lipinski definition) is 1. The van der Waals surface area contributed by atoms with Gasteiger partial charge in [0.1, 0.15) is 5.75 Å². The zero-order valence-corrected chi connectivity index (χ0v) is 16.8. The van der Waals surface area contributed by atoms with Crippen molar-refractivity contribution in [1.29, 1.82) is 0 Å². The van der Waals surface area contributed by atoms with Crippen LogP contribution in [0.3, 0.4) is 0 Å². The van der Waals surface area contributed by atoms with E-state index in [0.29, 0.717) is 22.0 Å². The van der Waals surface area contributed by atoms with Crippen LogP contribution in [-0.4, -0.2) is 34.9 Å². The van der Waals surface area contributed by atoms with Crippen molar-refractivity contribution >= 4 is 40.9 Å². The predicted octanol–water partition coefficient (Wildman–Crippen LogP) is 3.82. The van der Waals surface area contributed by atoms with Crippen LogP contribution in [0.1, 0.15) is 16.2 Å². The number of aromatic nitrogens is 2. The fraction of sp³-hybridized carbons (Fsp3) is 0.158. The number of para-hydroxylation sites is 1. The summed E-state index contributed by atoms with van der Waals surface area (Å²) in [5.41, 5.74) is 0.958. The topological polar surface area (TPSA) is 104 Å². The Morgan fingerprint density at radius 1 is 1.14 bits per heavy atom. The van der Waals surface area contributed by atoms with Gasteiger partial charge in [-0.15, -0.1) is 10.2 Å². The van der Waals surface area contributed by atoms with Crippen LogP contribution in [0.5, 0.6) is 5.75 Å². The zero-order valence-electron chi connectivity index (χ0n) is 15.3. The van der Waals surface area contributed by atoms with E-state index in [1.807, 2.05) is 0 Å². The molecule has 0 aliphatic heterocycles. The van der Waals surface area contributed by atoms with E-state index < -0.39 is 5.97 Å². The van der Waals surface area contributed by atoms with Crippen LogP contribution in [0.25, 0.3) is 0 Å². The first kappa shape index (κ1) is 20.7. The third-order valence-electron chi connectivity index (χ3n) is 3.55. The highest BCUT2D eigenvalue weighted by molar-refractivity contribution is 7.99. The highest BCUT2D eigenvalue weighted by Gasteiger charge is 2.12. The molecule has 0 bridgehead atoms. The Morgan fingerprint density at radius 3 is 2.62 bits per heavy atom. The summed E-state index contributed by atoms with van der Waals surface area (Å²) in [5, 5.41) is 11.2. The Hall–Kier alpha value is -3.04. The second-order valence-corrected chi connectivity index (χ2v) is 6.92. The number of anilines is 1. The standard InChI is InChI=1S/C19H16ClN3O5S/c1-26-18(25)12-6-8-13(9-7-12)21-16(24)11-29-19-23-22-17(28-19)10-27-15-5-3-2-4-14(15)20/h2-9H,10-11H2,1H3,(H,21,24). The SMILES string of the molecule is COC(=O)c1ccc(NC(=O)CSc2nnc(COc3ccccc3Cl)o2)cc1. The summed E-state index contributed by atoms with van der Waals surface area (Å²) >= 11 is 7.11. The van der Waals surface area contributed by atoms with Crippen LogP contribution < -0.4 is 10.1 Å². The Morgan fingerprint density at radius 2 is 1.90 bits per heavy atom. The van der Waals surface area contributed by atoms with Crippen molar-refractivity contribution in [3.63, 3.8) is 0 Å². The first-order chi connectivity index (χ1) is 14.0. The molecule has 10 heteroatoms. The van der Waals surface area contributed by atoms with E-state index in [0.717, 1.165) is 11.8 Å². The Kier molecular flexibility index (Phi) is 7.09. The Bertz CT molecular complexity index is 994. The number of methoxy groups -OCH3 is 1. The molecule has 3 rings (SSSR count). The molecule has 0 unspecified atom stereocenters. The van der Waals surface area contributed by atoms with Crippen LogP contribution in [0.15, 0.2) is 58.2 Å². The fourth-order valence-electron chi connectivity index (χ4n) is 2.19. The average Bonchev–Trinajstić information content (AvgIpc) is 3.19. The van der Waals surface area contributed by atoms with Crippen LogP contribution in [0.4, 0.5) is 5.69 Å². The van der Waals surface area contributed by atoms with Crippen LogP contribution in [-0.2, 0) is 16.1 Å². The number of nitrogens with one attached hydrogen (secondary N) is 1. The van der Waals surface area contributed by atoms with Gasteiger partial charge in [-0.05, 0) is 36.4 Å². The van der Waals surface area contributed by atoms with Gasteiger partial charge >= 0.3 is 5.97 Å². The number of rotatable bonds is 8. The molecule has 8 nitrogen and oxygen atoms in total. The number of esters is 1. The summed E-state index contributed by atoms with van der Waals surface area (Å²) in [4.78, 5) is 23.5. The lowest BCUT2D eigenvalue weighted by molar-refractivity contribution is -0.113. The highest BCUT2D eigenvalue weighted by Crippen LogP contribution is 2.24. The van der Waals surface area contributed by atoms with Gasteiger partial charge in [0.15, 0.2) is 6.61 Å². The highest BCUT2D eigenvalue weighted by atomic mass is 35.5. The van der Waals surface area contributed by atoms with Gasteiger partial charge in [0, 0.05) is 5.69 Å². The molecule has 1 amide bonds. The molecule has 0 aliphatic rings. The molecule has 150 valence electrons. The minimum atomic E-state index is -0.441. The molecular formula is C19H16ClN3O5S. The summed E-state index contributed by atoms with van der Waals surface area (Å²) < 4.78 is 15.6. The van der Waals surface area contributed by atoms with Crippen LogP contribution >= 0.6 is 23.4 Å². The minimum absolute atomic E-state index is 0.0655. The van der Waals surface area contributed by atoms with Crippen molar-refractivity contribution < 1.29 is 23.5 Å². The van der Waals surface area contributed by atoms with E-state index in [4.69, 9.17) is 20.8 Å². The quantitative estimate of drug-likeness (QED) is 0.422. The van der Waals surface area contributed by atoms with E-state index in [1.54, 1.807) is 48.5 Å². The van der Waals surface area contributed by atoms with E-state index >= 15 is 0 Å². The molecule has 3 aromatic rings. The molecule has 0 saturated heterocycles. The number of thioether (sulfide) groups is 1. The number of amides is 1. The number of ether oxygens (including phenoxy) is 2. The monoisotopic (exact) mass is 433 g/mol. The van der Waals surface area contributed by atoms with Gasteiger partial charge < -0.3 is 19.2 Å². The lowest BCUT2D eigenvalue weighted by Crippen LogP contribution is -2.14.